The van der Waals surface area contributed by atoms with Gasteiger partial charge in [0.15, 0.2) is 0 Å². The molecule has 0 aromatic carbocycles. The number of alkyl halides is 1. The lowest BCUT2D eigenvalue weighted by Gasteiger charge is -2.36. The van der Waals surface area contributed by atoms with E-state index < -0.39 is 0 Å². The van der Waals surface area contributed by atoms with Crippen molar-refractivity contribution in [3.05, 3.63) is 5.89 Å². The van der Waals surface area contributed by atoms with Gasteiger partial charge in [-0.25, -0.2) is 0 Å². The third-order valence-electron chi connectivity index (χ3n) is 2.46. The Morgan fingerprint density at radius 2 is 2.31 bits per heavy atom. The molecule has 0 aliphatic carbocycles. The maximum Gasteiger partial charge on any atom is 0.318 e. The first kappa shape index (κ1) is 12.0. The first-order valence-corrected chi connectivity index (χ1v) is 6.90. The summed E-state index contributed by atoms with van der Waals surface area (Å²) in [7, 11) is 0. The number of anilines is 1. The molecular formula is C10H16ClN3OS. The van der Waals surface area contributed by atoms with E-state index >= 15 is 0 Å². The summed E-state index contributed by atoms with van der Waals surface area (Å²) >= 11 is 7.61. The summed E-state index contributed by atoms with van der Waals surface area (Å²) in [5.41, 5.74) is 0. The highest BCUT2D eigenvalue weighted by atomic mass is 35.5. The molecule has 2 rings (SSSR count). The van der Waals surface area contributed by atoms with Gasteiger partial charge in [0.05, 0.1) is 0 Å². The summed E-state index contributed by atoms with van der Waals surface area (Å²) in [6, 6.07) is 0.633. The van der Waals surface area contributed by atoms with Crippen LogP contribution in [0.3, 0.4) is 0 Å². The lowest BCUT2D eigenvalue weighted by atomic mass is 10.2. The molecule has 0 N–H and O–H groups in total. The molecule has 1 aliphatic heterocycles. The van der Waals surface area contributed by atoms with E-state index in [-0.39, 0.29) is 4.75 Å². The number of hydrogen-bond acceptors (Lipinski definition) is 5. The van der Waals surface area contributed by atoms with Gasteiger partial charge >= 0.3 is 6.01 Å². The Morgan fingerprint density at radius 1 is 1.50 bits per heavy atom. The second-order valence-electron chi connectivity index (χ2n) is 4.45. The van der Waals surface area contributed by atoms with Crippen molar-refractivity contribution in [2.45, 2.75) is 25.0 Å². The van der Waals surface area contributed by atoms with Crippen molar-refractivity contribution in [1.29, 1.82) is 0 Å². The minimum Gasteiger partial charge on any atom is -0.408 e. The summed E-state index contributed by atoms with van der Waals surface area (Å²) in [6.07, 6.45) is 0.639. The highest BCUT2D eigenvalue weighted by molar-refractivity contribution is 8.00. The standard InChI is InChI=1S/C10H16ClN3OS/c1-10(2)7-14(5-6-16-10)9-13-12-8(15-9)3-4-11/h3-7H2,1-2H3. The molecule has 1 aliphatic rings. The van der Waals surface area contributed by atoms with Gasteiger partial charge in [-0.1, -0.05) is 5.10 Å². The smallest absolute Gasteiger partial charge is 0.318 e. The van der Waals surface area contributed by atoms with Gasteiger partial charge in [-0.05, 0) is 13.8 Å². The van der Waals surface area contributed by atoms with Crippen molar-refractivity contribution in [3.8, 4) is 0 Å². The largest absolute Gasteiger partial charge is 0.408 e. The van der Waals surface area contributed by atoms with Crippen LogP contribution in [-0.4, -0.2) is 39.7 Å². The van der Waals surface area contributed by atoms with Crippen LogP contribution >= 0.6 is 23.4 Å². The number of nitrogens with zero attached hydrogens (tertiary/aromatic N) is 3. The van der Waals surface area contributed by atoms with Crippen LogP contribution in [0.5, 0.6) is 0 Å². The highest BCUT2D eigenvalue weighted by Gasteiger charge is 2.29. The number of thioether (sulfide) groups is 1. The zero-order valence-corrected chi connectivity index (χ0v) is 11.1. The molecule has 0 bridgehead atoms. The van der Waals surface area contributed by atoms with Crippen LogP contribution in [0.1, 0.15) is 19.7 Å². The van der Waals surface area contributed by atoms with Crippen LogP contribution in [0.25, 0.3) is 0 Å². The minimum absolute atomic E-state index is 0.249. The van der Waals surface area contributed by atoms with Crippen LogP contribution in [-0.2, 0) is 6.42 Å². The van der Waals surface area contributed by atoms with Crippen LogP contribution < -0.4 is 4.90 Å². The Labute approximate surface area is 105 Å². The molecule has 6 heteroatoms. The fourth-order valence-corrected chi connectivity index (χ4v) is 3.01. The summed E-state index contributed by atoms with van der Waals surface area (Å²) in [5.74, 6) is 2.24. The fourth-order valence-electron chi connectivity index (χ4n) is 1.73. The van der Waals surface area contributed by atoms with Crippen molar-refractivity contribution < 1.29 is 4.42 Å². The van der Waals surface area contributed by atoms with Gasteiger partial charge in [-0.3, -0.25) is 0 Å². The van der Waals surface area contributed by atoms with Crippen molar-refractivity contribution in [3.63, 3.8) is 0 Å². The highest BCUT2D eigenvalue weighted by Crippen LogP contribution is 2.31. The second-order valence-corrected chi connectivity index (χ2v) is 6.63. The van der Waals surface area contributed by atoms with Crippen molar-refractivity contribution >= 4 is 29.4 Å². The number of aryl methyl sites for hydroxylation is 1. The maximum absolute atomic E-state index is 5.63. The predicted molar refractivity (Wildman–Crippen MR) is 67.5 cm³/mol. The van der Waals surface area contributed by atoms with Gasteiger partial charge in [0, 0.05) is 35.9 Å². The molecule has 90 valence electrons. The number of aromatic nitrogens is 2. The van der Waals surface area contributed by atoms with E-state index in [2.05, 4.69) is 28.9 Å². The SMILES string of the molecule is CC1(C)CN(c2nnc(CCCl)o2)CCS1. The molecule has 0 spiro atoms. The topological polar surface area (TPSA) is 42.2 Å². The fraction of sp³-hybridized carbons (Fsp3) is 0.800. The lowest BCUT2D eigenvalue weighted by molar-refractivity contribution is 0.480. The number of hydrogen-bond donors (Lipinski definition) is 0. The number of halogens is 1. The average molecular weight is 262 g/mol. The van der Waals surface area contributed by atoms with E-state index in [0.717, 1.165) is 18.8 Å². The Bertz CT molecular complexity index is 356. The summed E-state index contributed by atoms with van der Waals surface area (Å²) in [4.78, 5) is 2.15. The first-order chi connectivity index (χ1) is 7.61. The molecule has 0 saturated carbocycles. The molecule has 2 heterocycles. The Balaban J connectivity index is 2.05. The molecule has 16 heavy (non-hydrogen) atoms. The van der Waals surface area contributed by atoms with Crippen LogP contribution in [0, 0.1) is 0 Å². The molecule has 1 aromatic rings. The van der Waals surface area contributed by atoms with Gasteiger partial charge in [0.2, 0.25) is 5.89 Å². The molecule has 1 saturated heterocycles. The van der Waals surface area contributed by atoms with Crippen molar-refractivity contribution in [2.75, 3.05) is 29.6 Å². The third kappa shape index (κ3) is 2.83. The Kier molecular flexibility index (Phi) is 3.64. The first-order valence-electron chi connectivity index (χ1n) is 5.38. The van der Waals surface area contributed by atoms with E-state index in [1.165, 1.54) is 0 Å². The molecule has 0 atom stereocenters. The van der Waals surface area contributed by atoms with E-state index in [1.54, 1.807) is 0 Å². The van der Waals surface area contributed by atoms with Gasteiger partial charge in [0.25, 0.3) is 0 Å². The van der Waals surface area contributed by atoms with E-state index in [1.807, 2.05) is 11.8 Å². The Morgan fingerprint density at radius 3 is 3.00 bits per heavy atom. The summed E-state index contributed by atoms with van der Waals surface area (Å²) < 4.78 is 5.82. The summed E-state index contributed by atoms with van der Waals surface area (Å²) in [5, 5.41) is 8.04. The quantitative estimate of drug-likeness (QED) is 0.781. The average Bonchev–Trinajstić information content (AvgIpc) is 2.65. The Hall–Kier alpha value is -0.420. The van der Waals surface area contributed by atoms with Crippen LogP contribution in [0.4, 0.5) is 6.01 Å². The zero-order valence-electron chi connectivity index (χ0n) is 9.57. The van der Waals surface area contributed by atoms with E-state index in [4.69, 9.17) is 16.0 Å². The van der Waals surface area contributed by atoms with E-state index in [9.17, 15) is 0 Å². The number of rotatable bonds is 3. The van der Waals surface area contributed by atoms with Gasteiger partial charge < -0.3 is 9.32 Å². The molecule has 0 radical (unpaired) electrons. The van der Waals surface area contributed by atoms with Crippen LogP contribution in [0.2, 0.25) is 0 Å². The molecule has 1 fully saturated rings. The van der Waals surface area contributed by atoms with Gasteiger partial charge in [0.1, 0.15) is 0 Å². The normalized spacial score (nSPS) is 20.1. The second kappa shape index (κ2) is 4.84. The minimum atomic E-state index is 0.249. The summed E-state index contributed by atoms with van der Waals surface area (Å²) in [6.45, 7) is 6.39. The van der Waals surface area contributed by atoms with Gasteiger partial charge in [-0.15, -0.1) is 16.7 Å². The zero-order chi connectivity index (χ0) is 11.6. The monoisotopic (exact) mass is 261 g/mol. The molecule has 4 nitrogen and oxygen atoms in total. The van der Waals surface area contributed by atoms with E-state index in [0.29, 0.717) is 24.2 Å². The third-order valence-corrected chi connectivity index (χ3v) is 3.95. The lowest BCUT2D eigenvalue weighted by Crippen LogP contribution is -2.43. The maximum atomic E-state index is 5.63. The van der Waals surface area contributed by atoms with Gasteiger partial charge in [-0.2, -0.15) is 11.8 Å². The molecule has 0 unspecified atom stereocenters. The molecule has 1 aromatic heterocycles. The van der Waals surface area contributed by atoms with Crippen LogP contribution in [0.15, 0.2) is 4.42 Å². The molecule has 0 amide bonds. The predicted octanol–water partition coefficient (Wildman–Crippen LogP) is 2.18. The van der Waals surface area contributed by atoms with Crippen molar-refractivity contribution in [1.82, 2.24) is 10.2 Å². The molecular weight excluding hydrogens is 246 g/mol. The van der Waals surface area contributed by atoms with Crippen molar-refractivity contribution in [2.24, 2.45) is 0 Å².